The van der Waals surface area contributed by atoms with Gasteiger partial charge < -0.3 is 4.98 Å². The van der Waals surface area contributed by atoms with Crippen LogP contribution in [-0.2, 0) is 0 Å². The van der Waals surface area contributed by atoms with Crippen molar-refractivity contribution in [2.24, 2.45) is 0 Å². The number of hydrogen-bond donors (Lipinski definition) is 2. The van der Waals surface area contributed by atoms with Gasteiger partial charge in [0.05, 0.1) is 16.9 Å². The zero-order valence-corrected chi connectivity index (χ0v) is 12.6. The average Bonchev–Trinajstić information content (AvgIpc) is 2.95. The number of nitrogens with one attached hydrogen (secondary N) is 2. The van der Waals surface area contributed by atoms with Crippen molar-refractivity contribution in [2.75, 3.05) is 0 Å². The topological polar surface area (TPSA) is 109 Å². The summed E-state index contributed by atoms with van der Waals surface area (Å²) in [6.45, 7) is 1.74. The first-order valence-corrected chi connectivity index (χ1v) is 7.23. The van der Waals surface area contributed by atoms with Crippen molar-refractivity contribution in [1.29, 1.82) is 0 Å². The van der Waals surface area contributed by atoms with Crippen LogP contribution in [0.1, 0.15) is 5.82 Å². The van der Waals surface area contributed by atoms with E-state index in [1.165, 1.54) is 6.07 Å². The van der Waals surface area contributed by atoms with Gasteiger partial charge in [-0.05, 0) is 19.1 Å². The molecule has 3 heterocycles. The third kappa shape index (κ3) is 2.30. The van der Waals surface area contributed by atoms with E-state index in [0.29, 0.717) is 17.3 Å². The van der Waals surface area contributed by atoms with Crippen LogP contribution in [0.5, 0.6) is 0 Å². The molecular weight excluding hydrogens is 308 g/mol. The zero-order valence-electron chi connectivity index (χ0n) is 12.6. The van der Waals surface area contributed by atoms with E-state index >= 15 is 0 Å². The summed E-state index contributed by atoms with van der Waals surface area (Å²) in [5, 5.41) is 5.35. The number of benzene rings is 1. The van der Waals surface area contributed by atoms with Crippen LogP contribution in [-0.4, -0.2) is 29.7 Å². The van der Waals surface area contributed by atoms with Gasteiger partial charge in [-0.1, -0.05) is 18.2 Å². The molecule has 0 aliphatic rings. The van der Waals surface area contributed by atoms with E-state index in [-0.39, 0.29) is 5.69 Å². The number of H-pyrrole nitrogens is 2. The molecule has 4 aromatic rings. The Morgan fingerprint density at radius 3 is 2.75 bits per heavy atom. The van der Waals surface area contributed by atoms with Crippen LogP contribution in [0.15, 0.2) is 52.2 Å². The summed E-state index contributed by atoms with van der Waals surface area (Å²) in [5.74, 6) is 0.882. The summed E-state index contributed by atoms with van der Waals surface area (Å²) in [6.07, 6.45) is 1.70. The maximum Gasteiger partial charge on any atom is 0.326 e. The van der Waals surface area contributed by atoms with E-state index in [4.69, 9.17) is 0 Å². The molecule has 3 aromatic heterocycles. The van der Waals surface area contributed by atoms with Gasteiger partial charge in [-0.15, -0.1) is 0 Å². The molecule has 0 aliphatic carbocycles. The molecule has 118 valence electrons. The highest BCUT2D eigenvalue weighted by Crippen LogP contribution is 2.23. The molecule has 0 fully saturated rings. The van der Waals surface area contributed by atoms with Crippen LogP contribution in [0.4, 0.5) is 0 Å². The van der Waals surface area contributed by atoms with Crippen molar-refractivity contribution in [3.63, 3.8) is 0 Å². The lowest BCUT2D eigenvalue weighted by Crippen LogP contribution is -2.22. The van der Waals surface area contributed by atoms with Gasteiger partial charge in [0.15, 0.2) is 5.82 Å². The second-order valence-electron chi connectivity index (χ2n) is 5.25. The molecule has 8 heteroatoms. The van der Waals surface area contributed by atoms with Crippen LogP contribution in [0.25, 0.3) is 28.1 Å². The molecule has 24 heavy (non-hydrogen) atoms. The number of para-hydroxylation sites is 1. The molecule has 2 N–H and O–H groups in total. The van der Waals surface area contributed by atoms with Gasteiger partial charge in [-0.25, -0.2) is 14.5 Å². The third-order valence-electron chi connectivity index (χ3n) is 3.55. The molecule has 0 amide bonds. The minimum atomic E-state index is -0.597. The monoisotopic (exact) mass is 320 g/mol. The molecule has 0 unspecified atom stereocenters. The molecule has 0 radical (unpaired) electrons. The van der Waals surface area contributed by atoms with Gasteiger partial charge in [0.2, 0.25) is 0 Å². The normalized spacial score (nSPS) is 11.0. The third-order valence-corrected chi connectivity index (χ3v) is 3.55. The number of nitrogens with zero attached hydrogens (tertiary/aromatic N) is 4. The van der Waals surface area contributed by atoms with Crippen molar-refractivity contribution >= 4 is 10.9 Å². The maximum atomic E-state index is 11.6. The lowest BCUT2D eigenvalue weighted by atomic mass is 10.2. The minimum absolute atomic E-state index is 0.289. The minimum Gasteiger partial charge on any atom is -0.304 e. The smallest absolute Gasteiger partial charge is 0.304 e. The standard InChI is InChI=1S/C16H12N6O2/c1-9-18-15(11-8-13(23)20-16(24)19-11)22(21-9)12-6-2-4-10-5-3-7-17-14(10)12/h2-8H,1H3,(H2,19,20,23,24). The maximum absolute atomic E-state index is 11.6. The van der Waals surface area contributed by atoms with Crippen molar-refractivity contribution in [3.05, 3.63) is 69.3 Å². The Morgan fingerprint density at radius 2 is 1.92 bits per heavy atom. The molecule has 8 nitrogen and oxygen atoms in total. The SMILES string of the molecule is Cc1nc(-c2cc(=O)[nH]c(=O)[nH]2)n(-c2cccc3cccnc23)n1. The number of pyridine rings is 1. The number of fused-ring (bicyclic) bond motifs is 1. The summed E-state index contributed by atoms with van der Waals surface area (Å²) in [5.41, 5.74) is 0.651. The van der Waals surface area contributed by atoms with E-state index in [2.05, 4.69) is 25.0 Å². The lowest BCUT2D eigenvalue weighted by molar-refractivity contribution is 0.866. The number of aromatic amines is 2. The Balaban J connectivity index is 2.03. The fourth-order valence-electron chi connectivity index (χ4n) is 2.61. The molecule has 1 aromatic carbocycles. The van der Waals surface area contributed by atoms with Gasteiger partial charge >= 0.3 is 5.69 Å². The summed E-state index contributed by atoms with van der Waals surface area (Å²) in [6, 6.07) is 10.8. The predicted molar refractivity (Wildman–Crippen MR) is 88.1 cm³/mol. The van der Waals surface area contributed by atoms with Gasteiger partial charge in [0.1, 0.15) is 5.82 Å². The van der Waals surface area contributed by atoms with Crippen LogP contribution in [0.3, 0.4) is 0 Å². The second kappa shape index (κ2) is 5.27. The zero-order chi connectivity index (χ0) is 16.7. The van der Waals surface area contributed by atoms with Crippen LogP contribution < -0.4 is 11.2 Å². The highest BCUT2D eigenvalue weighted by Gasteiger charge is 2.15. The molecule has 0 saturated heterocycles. The largest absolute Gasteiger partial charge is 0.326 e. The number of aromatic nitrogens is 6. The van der Waals surface area contributed by atoms with Crippen LogP contribution in [0, 0.1) is 6.92 Å². The Labute approximate surface area is 134 Å². The van der Waals surface area contributed by atoms with Gasteiger partial charge in [0, 0.05) is 17.6 Å². The Hall–Kier alpha value is -3.55. The first kappa shape index (κ1) is 14.1. The van der Waals surface area contributed by atoms with Gasteiger partial charge in [0.25, 0.3) is 5.56 Å². The Morgan fingerprint density at radius 1 is 1.08 bits per heavy atom. The number of rotatable bonds is 2. The van der Waals surface area contributed by atoms with Crippen molar-refractivity contribution in [1.82, 2.24) is 29.7 Å². The van der Waals surface area contributed by atoms with Gasteiger partial charge in [-0.2, -0.15) is 5.10 Å². The quantitative estimate of drug-likeness (QED) is 0.576. The van der Waals surface area contributed by atoms with E-state index < -0.39 is 11.2 Å². The first-order valence-electron chi connectivity index (χ1n) is 7.23. The van der Waals surface area contributed by atoms with Crippen LogP contribution >= 0.6 is 0 Å². The molecule has 4 rings (SSSR count). The molecule has 0 saturated carbocycles. The Kier molecular flexibility index (Phi) is 3.09. The van der Waals surface area contributed by atoms with Gasteiger partial charge in [-0.3, -0.25) is 14.8 Å². The molecular formula is C16H12N6O2. The van der Waals surface area contributed by atoms with Crippen LogP contribution in [0.2, 0.25) is 0 Å². The molecule has 0 spiro atoms. The molecule has 0 bridgehead atoms. The summed E-state index contributed by atoms with van der Waals surface area (Å²) < 4.78 is 1.58. The van der Waals surface area contributed by atoms with E-state index in [1.807, 2.05) is 30.3 Å². The van der Waals surface area contributed by atoms with Crippen molar-refractivity contribution < 1.29 is 0 Å². The van der Waals surface area contributed by atoms with Crippen molar-refractivity contribution in [2.45, 2.75) is 6.92 Å². The summed E-state index contributed by atoms with van der Waals surface area (Å²) in [4.78, 5) is 36.7. The van der Waals surface area contributed by atoms with E-state index in [1.54, 1.807) is 17.8 Å². The summed E-state index contributed by atoms with van der Waals surface area (Å²) in [7, 11) is 0. The molecule has 0 aliphatic heterocycles. The highest BCUT2D eigenvalue weighted by atomic mass is 16.2. The number of hydrogen-bond acceptors (Lipinski definition) is 5. The Bertz CT molecular complexity index is 1140. The summed E-state index contributed by atoms with van der Waals surface area (Å²) >= 11 is 0. The molecule has 0 atom stereocenters. The van der Waals surface area contributed by atoms with E-state index in [9.17, 15) is 9.59 Å². The average molecular weight is 320 g/mol. The second-order valence-corrected chi connectivity index (χ2v) is 5.25. The highest BCUT2D eigenvalue weighted by molar-refractivity contribution is 5.86. The fourth-order valence-corrected chi connectivity index (χ4v) is 2.61. The first-order chi connectivity index (χ1) is 11.6. The fraction of sp³-hybridized carbons (Fsp3) is 0.0625. The lowest BCUT2D eigenvalue weighted by Gasteiger charge is -2.08. The van der Waals surface area contributed by atoms with E-state index in [0.717, 1.165) is 10.9 Å². The predicted octanol–water partition coefficient (Wildman–Crippen LogP) is 1.17. The van der Waals surface area contributed by atoms with Crippen molar-refractivity contribution in [3.8, 4) is 17.2 Å². The number of aryl methyl sites for hydroxylation is 1.